The smallest absolute Gasteiger partial charge is 0.326 e. The Hall–Kier alpha value is -2.85. The molecule has 1 fully saturated rings. The number of H-pyrrole nitrogens is 1. The molecule has 1 aromatic carbocycles. The largest absolute Gasteiger partial charge is 0.345 e. The number of rotatable bonds is 6. The van der Waals surface area contributed by atoms with E-state index in [2.05, 4.69) is 4.98 Å². The molecule has 0 spiro atoms. The highest BCUT2D eigenvalue weighted by atomic mass is 32.2. The van der Waals surface area contributed by atoms with Crippen molar-refractivity contribution < 1.29 is 13.2 Å². The average molecular weight is 460 g/mol. The van der Waals surface area contributed by atoms with Crippen LogP contribution in [0.3, 0.4) is 0 Å². The lowest BCUT2D eigenvalue weighted by atomic mass is 10.0. The van der Waals surface area contributed by atoms with Crippen LogP contribution in [0.1, 0.15) is 43.2 Å². The normalized spacial score (nSPS) is 15.7. The maximum Gasteiger partial charge on any atom is 0.326 e. The van der Waals surface area contributed by atoms with E-state index in [1.165, 1.54) is 16.6 Å². The molecule has 0 aliphatic carbocycles. The Morgan fingerprint density at radius 2 is 1.81 bits per heavy atom. The molecule has 1 N–H and O–H groups in total. The van der Waals surface area contributed by atoms with Crippen molar-refractivity contribution in [3.05, 3.63) is 52.7 Å². The zero-order valence-electron chi connectivity index (χ0n) is 18.6. The fourth-order valence-electron chi connectivity index (χ4n) is 4.53. The topological polar surface area (TPSA) is 100 Å². The quantitative estimate of drug-likeness (QED) is 0.611. The van der Waals surface area contributed by atoms with E-state index < -0.39 is 10.0 Å². The van der Waals surface area contributed by atoms with Crippen LogP contribution < -0.4 is 5.69 Å². The zero-order valence-corrected chi connectivity index (χ0v) is 19.4. The van der Waals surface area contributed by atoms with Crippen molar-refractivity contribution in [3.8, 4) is 0 Å². The number of nitrogens with zero attached hydrogens (tertiary/aromatic N) is 4. The van der Waals surface area contributed by atoms with Crippen molar-refractivity contribution in [2.75, 3.05) is 26.2 Å². The average Bonchev–Trinajstić information content (AvgIpc) is 3.33. The third kappa shape index (κ3) is 3.77. The highest BCUT2D eigenvalue weighted by Gasteiger charge is 2.30. The maximum absolute atomic E-state index is 13.2. The molecule has 10 heteroatoms. The Bertz CT molecular complexity index is 1290. The summed E-state index contributed by atoms with van der Waals surface area (Å²) < 4.78 is 30.4. The number of carbonyl (C=O) groups is 1. The maximum atomic E-state index is 13.2. The number of imidazole rings is 1. The third-order valence-electron chi connectivity index (χ3n) is 6.28. The Kier molecular flexibility index (Phi) is 6.00. The number of aromatic amines is 1. The molecule has 0 saturated carbocycles. The van der Waals surface area contributed by atoms with Crippen molar-refractivity contribution in [1.82, 2.24) is 23.3 Å². The monoisotopic (exact) mass is 459 g/mol. The summed E-state index contributed by atoms with van der Waals surface area (Å²) in [4.78, 5) is 30.4. The summed E-state index contributed by atoms with van der Waals surface area (Å²) in [6.07, 6.45) is 2.81. The molecule has 3 heterocycles. The predicted octanol–water partition coefficient (Wildman–Crippen LogP) is 2.18. The van der Waals surface area contributed by atoms with Crippen molar-refractivity contribution in [2.45, 2.75) is 37.6 Å². The minimum atomic E-state index is -3.63. The highest BCUT2D eigenvalue weighted by Crippen LogP contribution is 2.26. The molecular formula is C22H29N5O4S. The number of carbonyl (C=O) groups excluding carboxylic acids is 1. The van der Waals surface area contributed by atoms with Crippen LogP contribution in [0, 0.1) is 0 Å². The number of para-hydroxylation sites is 2. The van der Waals surface area contributed by atoms with Gasteiger partial charge in [-0.1, -0.05) is 26.0 Å². The van der Waals surface area contributed by atoms with Gasteiger partial charge in [0.25, 0.3) is 5.91 Å². The van der Waals surface area contributed by atoms with E-state index in [0.717, 1.165) is 11.0 Å². The van der Waals surface area contributed by atoms with Crippen molar-refractivity contribution >= 4 is 27.0 Å². The SMILES string of the molecule is CCN(CC)S(=O)(=O)c1cc(C(=O)N2CCC(n3c(=O)[nH]c4ccccc43)CC2)n(C)c1. The number of hydrogen-bond donors (Lipinski definition) is 1. The van der Waals surface area contributed by atoms with E-state index in [4.69, 9.17) is 0 Å². The van der Waals surface area contributed by atoms with Crippen molar-refractivity contribution in [2.24, 2.45) is 7.05 Å². The Morgan fingerprint density at radius 1 is 1.16 bits per heavy atom. The summed E-state index contributed by atoms with van der Waals surface area (Å²) >= 11 is 0. The van der Waals surface area contributed by atoms with Crippen LogP contribution in [0.15, 0.2) is 46.2 Å². The van der Waals surface area contributed by atoms with Crippen LogP contribution in [0.5, 0.6) is 0 Å². The van der Waals surface area contributed by atoms with Gasteiger partial charge < -0.3 is 14.5 Å². The summed E-state index contributed by atoms with van der Waals surface area (Å²) in [5, 5.41) is 0. The number of fused-ring (bicyclic) bond motifs is 1. The van der Waals surface area contributed by atoms with Crippen molar-refractivity contribution in [1.29, 1.82) is 0 Å². The highest BCUT2D eigenvalue weighted by molar-refractivity contribution is 7.89. The van der Waals surface area contributed by atoms with E-state index in [1.807, 2.05) is 24.3 Å². The second-order valence-electron chi connectivity index (χ2n) is 8.10. The Labute approximate surface area is 187 Å². The molecule has 32 heavy (non-hydrogen) atoms. The summed E-state index contributed by atoms with van der Waals surface area (Å²) in [5.74, 6) is -0.196. The first-order chi connectivity index (χ1) is 15.3. The van der Waals surface area contributed by atoms with Crippen LogP contribution >= 0.6 is 0 Å². The second-order valence-corrected chi connectivity index (χ2v) is 10.0. The molecule has 9 nitrogen and oxygen atoms in total. The molecule has 172 valence electrons. The number of nitrogens with one attached hydrogen (secondary N) is 1. The molecule has 1 aliphatic rings. The van der Waals surface area contributed by atoms with Gasteiger partial charge in [-0.05, 0) is 31.0 Å². The fourth-order valence-corrected chi connectivity index (χ4v) is 6.06. The molecule has 1 saturated heterocycles. The van der Waals surface area contributed by atoms with E-state index in [9.17, 15) is 18.0 Å². The van der Waals surface area contributed by atoms with Gasteiger partial charge >= 0.3 is 5.69 Å². The Morgan fingerprint density at radius 3 is 2.47 bits per heavy atom. The van der Waals surface area contributed by atoms with Gasteiger partial charge in [0.1, 0.15) is 10.6 Å². The molecule has 4 rings (SSSR count). The van der Waals surface area contributed by atoms with Gasteiger partial charge in [0.05, 0.1) is 11.0 Å². The van der Waals surface area contributed by atoms with Crippen LogP contribution in [-0.4, -0.2) is 63.8 Å². The van der Waals surface area contributed by atoms with Crippen LogP contribution in [0.2, 0.25) is 0 Å². The van der Waals surface area contributed by atoms with E-state index in [-0.39, 0.29) is 22.5 Å². The van der Waals surface area contributed by atoms with Gasteiger partial charge in [0.15, 0.2) is 0 Å². The minimum Gasteiger partial charge on any atom is -0.345 e. The summed E-state index contributed by atoms with van der Waals surface area (Å²) in [7, 11) is -1.94. The number of likely N-dealkylation sites (tertiary alicyclic amines) is 1. The van der Waals surface area contributed by atoms with Crippen LogP contribution in [-0.2, 0) is 17.1 Å². The van der Waals surface area contributed by atoms with Gasteiger partial charge in [0.2, 0.25) is 10.0 Å². The summed E-state index contributed by atoms with van der Waals surface area (Å²) in [6, 6.07) is 9.07. The zero-order chi connectivity index (χ0) is 23.0. The lowest BCUT2D eigenvalue weighted by Crippen LogP contribution is -2.41. The van der Waals surface area contributed by atoms with Gasteiger partial charge in [-0.15, -0.1) is 0 Å². The third-order valence-corrected chi connectivity index (χ3v) is 8.30. The standard InChI is InChI=1S/C22H29N5O4S/c1-4-26(5-2)32(30,31)17-14-20(24(3)15-17)21(28)25-12-10-16(11-13-25)27-19-9-7-6-8-18(19)23-22(27)29/h6-9,14-16H,4-5,10-13H2,1-3H3,(H,23,29). The van der Waals surface area contributed by atoms with Gasteiger partial charge in [-0.25, -0.2) is 13.2 Å². The number of hydrogen-bond acceptors (Lipinski definition) is 4. The van der Waals surface area contributed by atoms with Crippen LogP contribution in [0.4, 0.5) is 0 Å². The number of sulfonamides is 1. The first-order valence-electron chi connectivity index (χ1n) is 10.9. The summed E-state index contributed by atoms with van der Waals surface area (Å²) in [6.45, 7) is 5.32. The number of aromatic nitrogens is 3. The molecule has 0 unspecified atom stereocenters. The number of benzene rings is 1. The van der Waals surface area contributed by atoms with E-state index in [0.29, 0.717) is 44.7 Å². The fraction of sp³-hybridized carbons (Fsp3) is 0.455. The van der Waals surface area contributed by atoms with Gasteiger partial charge in [-0.3, -0.25) is 9.36 Å². The van der Waals surface area contributed by atoms with E-state index >= 15 is 0 Å². The molecule has 3 aromatic rings. The Balaban J connectivity index is 1.51. The summed E-state index contributed by atoms with van der Waals surface area (Å²) in [5.41, 5.74) is 1.89. The molecular weight excluding hydrogens is 430 g/mol. The molecule has 0 atom stereocenters. The van der Waals surface area contributed by atoms with Gasteiger partial charge in [-0.2, -0.15) is 4.31 Å². The lowest BCUT2D eigenvalue weighted by molar-refractivity contribution is 0.0685. The molecule has 2 aromatic heterocycles. The molecule has 0 bridgehead atoms. The first kappa shape index (κ1) is 22.3. The molecule has 0 radical (unpaired) electrons. The van der Waals surface area contributed by atoms with Crippen molar-refractivity contribution in [3.63, 3.8) is 0 Å². The molecule has 1 amide bonds. The van der Waals surface area contributed by atoms with Crippen LogP contribution in [0.25, 0.3) is 11.0 Å². The van der Waals surface area contributed by atoms with Gasteiger partial charge in [0, 0.05) is 45.5 Å². The minimum absolute atomic E-state index is 0.00900. The predicted molar refractivity (Wildman–Crippen MR) is 122 cm³/mol. The number of piperidine rings is 1. The lowest BCUT2D eigenvalue weighted by Gasteiger charge is -2.32. The second kappa shape index (κ2) is 8.59. The van der Waals surface area contributed by atoms with E-state index in [1.54, 1.807) is 34.9 Å². The number of aryl methyl sites for hydroxylation is 1. The number of amides is 1. The first-order valence-corrected chi connectivity index (χ1v) is 12.4. The molecule has 1 aliphatic heterocycles.